The highest BCUT2D eigenvalue weighted by Gasteiger charge is 2.32. The third kappa shape index (κ3) is 8.86. The average Bonchev–Trinajstić information content (AvgIpc) is 2.81. The van der Waals surface area contributed by atoms with Crippen LogP contribution in [0, 0.1) is 6.92 Å². The number of hydrogen-bond acceptors (Lipinski definition) is 3. The molecule has 3 aromatic rings. The van der Waals surface area contributed by atoms with E-state index in [1.807, 2.05) is 107 Å². The van der Waals surface area contributed by atoms with E-state index in [2.05, 4.69) is 21.2 Å². The Labute approximate surface area is 221 Å². The second-order valence-electron chi connectivity index (χ2n) is 9.69. The summed E-state index contributed by atoms with van der Waals surface area (Å²) < 4.78 is 0.973. The van der Waals surface area contributed by atoms with Gasteiger partial charge in [0.1, 0.15) is 6.04 Å². The molecule has 1 N–H and O–H groups in total. The van der Waals surface area contributed by atoms with E-state index < -0.39 is 11.6 Å². The number of nitrogens with zero attached hydrogens (tertiary/aromatic N) is 1. The van der Waals surface area contributed by atoms with Crippen molar-refractivity contribution in [3.8, 4) is 0 Å². The van der Waals surface area contributed by atoms with Crippen LogP contribution in [0.1, 0.15) is 37.5 Å². The standard InChI is InChI=1S/C29H33BrN2O2S/c1-21-10-16-25(17-11-21)35-20-27(33)32(19-23-12-14-24(30)15-13-23)26(28(34)31-29(2,3)4)18-22-8-6-5-7-9-22/h5-17,26H,18-20H2,1-4H3,(H,31,34). The first-order valence-corrected chi connectivity index (χ1v) is 13.5. The highest BCUT2D eigenvalue weighted by molar-refractivity contribution is 9.10. The van der Waals surface area contributed by atoms with Crippen LogP contribution in [-0.4, -0.2) is 34.0 Å². The molecular formula is C29H33BrN2O2S. The zero-order chi connectivity index (χ0) is 25.4. The molecule has 0 aliphatic heterocycles. The van der Waals surface area contributed by atoms with Crippen molar-refractivity contribution < 1.29 is 9.59 Å². The molecule has 6 heteroatoms. The predicted molar refractivity (Wildman–Crippen MR) is 148 cm³/mol. The molecule has 0 fully saturated rings. The summed E-state index contributed by atoms with van der Waals surface area (Å²) in [7, 11) is 0. The lowest BCUT2D eigenvalue weighted by Gasteiger charge is -2.34. The van der Waals surface area contributed by atoms with Crippen LogP contribution in [0.2, 0.25) is 0 Å². The van der Waals surface area contributed by atoms with E-state index in [-0.39, 0.29) is 17.6 Å². The molecule has 184 valence electrons. The van der Waals surface area contributed by atoms with Crippen molar-refractivity contribution in [1.29, 1.82) is 0 Å². The minimum Gasteiger partial charge on any atom is -0.350 e. The van der Waals surface area contributed by atoms with Gasteiger partial charge in [-0.15, -0.1) is 11.8 Å². The van der Waals surface area contributed by atoms with Crippen molar-refractivity contribution in [2.45, 2.75) is 57.1 Å². The van der Waals surface area contributed by atoms with Gasteiger partial charge in [0.15, 0.2) is 0 Å². The number of amides is 2. The normalized spacial score (nSPS) is 12.1. The van der Waals surface area contributed by atoms with Crippen LogP contribution in [0.25, 0.3) is 0 Å². The van der Waals surface area contributed by atoms with E-state index in [1.165, 1.54) is 17.3 Å². The SMILES string of the molecule is Cc1ccc(SCC(=O)N(Cc2ccc(Br)cc2)C(Cc2ccccc2)C(=O)NC(C)(C)C)cc1. The summed E-state index contributed by atoms with van der Waals surface area (Å²) in [5, 5.41) is 3.10. The minimum atomic E-state index is -0.633. The molecule has 3 rings (SSSR count). The maximum Gasteiger partial charge on any atom is 0.243 e. The summed E-state index contributed by atoms with van der Waals surface area (Å²) in [6.45, 7) is 8.27. The van der Waals surface area contributed by atoms with E-state index in [4.69, 9.17) is 0 Å². The molecule has 0 aliphatic rings. The van der Waals surface area contributed by atoms with Crippen molar-refractivity contribution in [1.82, 2.24) is 10.2 Å². The van der Waals surface area contributed by atoms with E-state index in [9.17, 15) is 9.59 Å². The average molecular weight is 554 g/mol. The van der Waals surface area contributed by atoms with Crippen LogP contribution in [0.5, 0.6) is 0 Å². The van der Waals surface area contributed by atoms with E-state index in [0.29, 0.717) is 13.0 Å². The summed E-state index contributed by atoms with van der Waals surface area (Å²) in [5.41, 5.74) is 2.76. The largest absolute Gasteiger partial charge is 0.350 e. The maximum absolute atomic E-state index is 13.7. The van der Waals surface area contributed by atoms with Crippen LogP contribution in [0.4, 0.5) is 0 Å². The number of halogens is 1. The van der Waals surface area contributed by atoms with Gasteiger partial charge in [0.2, 0.25) is 11.8 Å². The summed E-state index contributed by atoms with van der Waals surface area (Å²) in [5.74, 6) is 0.0452. The molecule has 0 bridgehead atoms. The summed E-state index contributed by atoms with van der Waals surface area (Å²) in [4.78, 5) is 30.0. The number of carbonyl (C=O) groups is 2. The maximum atomic E-state index is 13.7. The Kier molecular flexibility index (Phi) is 9.58. The molecule has 0 saturated heterocycles. The molecule has 1 unspecified atom stereocenters. The lowest BCUT2D eigenvalue weighted by Crippen LogP contribution is -2.54. The minimum absolute atomic E-state index is 0.0662. The number of nitrogens with one attached hydrogen (secondary N) is 1. The Morgan fingerprint density at radius 2 is 1.54 bits per heavy atom. The Morgan fingerprint density at radius 1 is 0.914 bits per heavy atom. The highest BCUT2D eigenvalue weighted by atomic mass is 79.9. The summed E-state index contributed by atoms with van der Waals surface area (Å²) in [6, 6.07) is 25.3. The summed E-state index contributed by atoms with van der Waals surface area (Å²) >= 11 is 4.97. The van der Waals surface area contributed by atoms with Crippen LogP contribution >= 0.6 is 27.7 Å². The number of benzene rings is 3. The lowest BCUT2D eigenvalue weighted by molar-refractivity contribution is -0.140. The molecule has 0 aromatic heterocycles. The third-order valence-corrected chi connectivity index (χ3v) is 6.94. The Morgan fingerprint density at radius 3 is 2.14 bits per heavy atom. The van der Waals surface area contributed by atoms with Gasteiger partial charge in [-0.1, -0.05) is 76.1 Å². The molecule has 35 heavy (non-hydrogen) atoms. The highest BCUT2D eigenvalue weighted by Crippen LogP contribution is 2.22. The van der Waals surface area contributed by atoms with Gasteiger partial charge in [-0.05, 0) is 63.1 Å². The topological polar surface area (TPSA) is 49.4 Å². The van der Waals surface area contributed by atoms with Crippen LogP contribution < -0.4 is 5.32 Å². The zero-order valence-corrected chi connectivity index (χ0v) is 23.2. The van der Waals surface area contributed by atoms with Crippen molar-refractivity contribution in [2.75, 3.05) is 5.75 Å². The molecule has 4 nitrogen and oxygen atoms in total. The van der Waals surface area contributed by atoms with Gasteiger partial charge >= 0.3 is 0 Å². The fraction of sp³-hybridized carbons (Fsp3) is 0.310. The van der Waals surface area contributed by atoms with Gasteiger partial charge in [0.25, 0.3) is 0 Å². The van der Waals surface area contributed by atoms with Gasteiger partial charge in [0, 0.05) is 27.9 Å². The van der Waals surface area contributed by atoms with E-state index >= 15 is 0 Å². The Hall–Kier alpha value is -2.57. The molecular weight excluding hydrogens is 520 g/mol. The fourth-order valence-electron chi connectivity index (χ4n) is 3.66. The van der Waals surface area contributed by atoms with Gasteiger partial charge in [0.05, 0.1) is 5.75 Å². The van der Waals surface area contributed by atoms with Crippen molar-refractivity contribution in [3.63, 3.8) is 0 Å². The van der Waals surface area contributed by atoms with Gasteiger partial charge in [-0.3, -0.25) is 9.59 Å². The van der Waals surface area contributed by atoms with Crippen LogP contribution in [-0.2, 0) is 22.6 Å². The zero-order valence-electron chi connectivity index (χ0n) is 20.8. The Bertz CT molecular complexity index is 1110. The molecule has 0 aliphatic carbocycles. The molecule has 0 heterocycles. The number of carbonyl (C=O) groups excluding carboxylic acids is 2. The van der Waals surface area contributed by atoms with Gasteiger partial charge < -0.3 is 10.2 Å². The molecule has 0 radical (unpaired) electrons. The van der Waals surface area contributed by atoms with E-state index in [1.54, 1.807) is 4.90 Å². The number of aryl methyl sites for hydroxylation is 1. The van der Waals surface area contributed by atoms with Gasteiger partial charge in [-0.2, -0.15) is 0 Å². The van der Waals surface area contributed by atoms with E-state index in [0.717, 1.165) is 20.5 Å². The molecule has 3 aromatic carbocycles. The molecule has 1 atom stereocenters. The number of hydrogen-bond donors (Lipinski definition) is 1. The number of thioether (sulfide) groups is 1. The van der Waals surface area contributed by atoms with Crippen molar-refractivity contribution >= 4 is 39.5 Å². The molecule has 0 saturated carbocycles. The first-order valence-electron chi connectivity index (χ1n) is 11.7. The third-order valence-electron chi connectivity index (χ3n) is 5.42. The fourth-order valence-corrected chi connectivity index (χ4v) is 4.70. The lowest BCUT2D eigenvalue weighted by atomic mass is 10.0. The second kappa shape index (κ2) is 12.4. The smallest absolute Gasteiger partial charge is 0.243 e. The molecule has 2 amide bonds. The monoisotopic (exact) mass is 552 g/mol. The first-order chi connectivity index (χ1) is 16.6. The van der Waals surface area contributed by atoms with Crippen molar-refractivity contribution in [2.24, 2.45) is 0 Å². The molecule has 0 spiro atoms. The number of rotatable bonds is 9. The summed E-state index contributed by atoms with van der Waals surface area (Å²) in [6.07, 6.45) is 0.445. The predicted octanol–water partition coefficient (Wildman–Crippen LogP) is 6.40. The van der Waals surface area contributed by atoms with Crippen LogP contribution in [0.3, 0.4) is 0 Å². The second-order valence-corrected chi connectivity index (χ2v) is 11.7. The van der Waals surface area contributed by atoms with Gasteiger partial charge in [-0.25, -0.2) is 0 Å². The Balaban J connectivity index is 1.91. The van der Waals surface area contributed by atoms with Crippen LogP contribution in [0.15, 0.2) is 88.2 Å². The van der Waals surface area contributed by atoms with Crippen molar-refractivity contribution in [3.05, 3.63) is 100 Å². The quantitative estimate of drug-likeness (QED) is 0.312. The first kappa shape index (κ1) is 27.0.